The molecule has 7 nitrogen and oxygen atoms in total. The zero-order valence-corrected chi connectivity index (χ0v) is 18.3. The van der Waals surface area contributed by atoms with Crippen molar-refractivity contribution in [3.05, 3.63) is 51.7 Å². The molecule has 0 atom stereocenters. The summed E-state index contributed by atoms with van der Waals surface area (Å²) >= 11 is 1.83. The number of anilines is 1. The van der Waals surface area contributed by atoms with E-state index in [0.29, 0.717) is 12.1 Å². The van der Waals surface area contributed by atoms with Gasteiger partial charge in [0.25, 0.3) is 0 Å². The molecule has 0 unspecified atom stereocenters. The van der Waals surface area contributed by atoms with Gasteiger partial charge in [-0.15, -0.1) is 11.3 Å². The number of benzene rings is 1. The van der Waals surface area contributed by atoms with Gasteiger partial charge in [0.05, 0.1) is 25.1 Å². The van der Waals surface area contributed by atoms with Gasteiger partial charge in [0.2, 0.25) is 5.91 Å². The van der Waals surface area contributed by atoms with Crippen LogP contribution in [0.1, 0.15) is 45.0 Å². The van der Waals surface area contributed by atoms with Gasteiger partial charge in [-0.25, -0.2) is 9.97 Å². The molecule has 0 bridgehead atoms. The third-order valence-electron chi connectivity index (χ3n) is 6.03. The second kappa shape index (κ2) is 8.90. The number of ether oxygens (including phenoxy) is 1. The van der Waals surface area contributed by atoms with Gasteiger partial charge in [-0.3, -0.25) is 9.69 Å². The summed E-state index contributed by atoms with van der Waals surface area (Å²) in [6, 6.07) is 7.41. The number of morpholine rings is 1. The van der Waals surface area contributed by atoms with Crippen molar-refractivity contribution in [2.75, 3.05) is 31.6 Å². The highest BCUT2D eigenvalue weighted by Gasteiger charge is 2.22. The molecule has 5 rings (SSSR count). The lowest BCUT2D eigenvalue weighted by Gasteiger charge is -2.25. The molecule has 2 aromatic heterocycles. The molecule has 8 heteroatoms. The van der Waals surface area contributed by atoms with Gasteiger partial charge < -0.3 is 15.8 Å². The summed E-state index contributed by atoms with van der Waals surface area (Å²) in [5.74, 6) is 1.38. The van der Waals surface area contributed by atoms with E-state index < -0.39 is 5.91 Å². The number of thiophene rings is 1. The van der Waals surface area contributed by atoms with Gasteiger partial charge in [-0.1, -0.05) is 12.1 Å². The molecule has 0 spiro atoms. The zero-order valence-electron chi connectivity index (χ0n) is 17.5. The van der Waals surface area contributed by atoms with Crippen molar-refractivity contribution in [1.29, 1.82) is 0 Å². The van der Waals surface area contributed by atoms with Crippen molar-refractivity contribution >= 4 is 33.3 Å². The molecule has 0 saturated carbocycles. The SMILES string of the molecule is NC(=O)c1ccc(CNc2nc(CN3CCOCC3)nc3sc4c(c23)CCCC4)cc1. The molecule has 0 radical (unpaired) electrons. The molecule has 162 valence electrons. The number of nitrogens with two attached hydrogens (primary N) is 1. The van der Waals surface area contributed by atoms with E-state index in [1.165, 1.54) is 28.7 Å². The Balaban J connectivity index is 1.44. The van der Waals surface area contributed by atoms with Crippen molar-refractivity contribution in [1.82, 2.24) is 14.9 Å². The third kappa shape index (κ3) is 4.42. The van der Waals surface area contributed by atoms with Gasteiger partial charge in [0.1, 0.15) is 16.5 Å². The molecular formula is C23H27N5O2S. The smallest absolute Gasteiger partial charge is 0.248 e. The summed E-state index contributed by atoms with van der Waals surface area (Å²) in [7, 11) is 0. The first kappa shape index (κ1) is 20.4. The Morgan fingerprint density at radius 3 is 2.68 bits per heavy atom. The van der Waals surface area contributed by atoms with Gasteiger partial charge in [-0.05, 0) is 48.9 Å². The fraction of sp³-hybridized carbons (Fsp3) is 0.435. The third-order valence-corrected chi connectivity index (χ3v) is 7.21. The average Bonchev–Trinajstić information content (AvgIpc) is 3.17. The van der Waals surface area contributed by atoms with Crippen LogP contribution < -0.4 is 11.1 Å². The molecule has 1 saturated heterocycles. The molecule has 31 heavy (non-hydrogen) atoms. The van der Waals surface area contributed by atoms with Crippen LogP contribution in [-0.2, 0) is 30.7 Å². The average molecular weight is 438 g/mol. The molecule has 3 N–H and O–H groups in total. The number of aryl methyl sites for hydroxylation is 2. The van der Waals surface area contributed by atoms with E-state index in [1.807, 2.05) is 23.5 Å². The van der Waals surface area contributed by atoms with Crippen molar-refractivity contribution in [3.63, 3.8) is 0 Å². The van der Waals surface area contributed by atoms with Crippen molar-refractivity contribution in [2.45, 2.75) is 38.8 Å². The van der Waals surface area contributed by atoms with Gasteiger partial charge >= 0.3 is 0 Å². The number of aromatic nitrogens is 2. The minimum absolute atomic E-state index is 0.408. The summed E-state index contributed by atoms with van der Waals surface area (Å²) in [5.41, 5.74) is 8.38. The van der Waals surface area contributed by atoms with Crippen molar-refractivity contribution in [2.24, 2.45) is 5.73 Å². The van der Waals surface area contributed by atoms with Crippen LogP contribution in [0.15, 0.2) is 24.3 Å². The minimum atomic E-state index is -0.408. The molecular weight excluding hydrogens is 410 g/mol. The number of nitrogens with one attached hydrogen (secondary N) is 1. The van der Waals surface area contributed by atoms with Crippen LogP contribution in [0.2, 0.25) is 0 Å². The number of primary amides is 1. The quantitative estimate of drug-likeness (QED) is 0.616. The van der Waals surface area contributed by atoms with Crippen LogP contribution in [-0.4, -0.2) is 47.1 Å². The van der Waals surface area contributed by atoms with E-state index >= 15 is 0 Å². The number of carbonyl (C=O) groups excluding carboxylic acids is 1. The predicted octanol–water partition coefficient (Wildman–Crippen LogP) is 3.11. The maximum absolute atomic E-state index is 11.3. The van der Waals surface area contributed by atoms with E-state index in [4.69, 9.17) is 20.4 Å². The number of rotatable bonds is 6. The van der Waals surface area contributed by atoms with Crippen LogP contribution in [0.25, 0.3) is 10.2 Å². The highest BCUT2D eigenvalue weighted by molar-refractivity contribution is 7.19. The van der Waals surface area contributed by atoms with Crippen molar-refractivity contribution in [3.8, 4) is 0 Å². The maximum Gasteiger partial charge on any atom is 0.248 e. The van der Waals surface area contributed by atoms with E-state index in [9.17, 15) is 4.79 Å². The summed E-state index contributed by atoms with van der Waals surface area (Å²) in [6.07, 6.45) is 4.72. The fourth-order valence-corrected chi connectivity index (χ4v) is 5.61. The lowest BCUT2D eigenvalue weighted by Crippen LogP contribution is -2.36. The van der Waals surface area contributed by atoms with Gasteiger partial charge in [0.15, 0.2) is 0 Å². The predicted molar refractivity (Wildman–Crippen MR) is 122 cm³/mol. The standard InChI is InChI=1S/C23H27N5O2S/c24-21(29)16-7-5-15(6-8-16)13-25-22-20-17-3-1-2-4-18(17)31-23(20)27-19(26-22)14-28-9-11-30-12-10-28/h5-8H,1-4,9-14H2,(H2,24,29)(H,25,26,27). The summed E-state index contributed by atoms with van der Waals surface area (Å²) in [6.45, 7) is 4.73. The molecule has 1 aromatic carbocycles. The molecule has 2 aliphatic rings. The Labute approximate surface area is 185 Å². The highest BCUT2D eigenvalue weighted by atomic mass is 32.1. The maximum atomic E-state index is 11.3. The lowest BCUT2D eigenvalue weighted by atomic mass is 9.97. The molecule has 3 aromatic rings. The summed E-state index contributed by atoms with van der Waals surface area (Å²) in [5, 5.41) is 4.76. The van der Waals surface area contributed by atoms with E-state index in [0.717, 1.165) is 67.7 Å². The van der Waals surface area contributed by atoms with E-state index in [-0.39, 0.29) is 0 Å². The first-order valence-electron chi connectivity index (χ1n) is 10.9. The number of nitrogens with zero attached hydrogens (tertiary/aromatic N) is 3. The largest absolute Gasteiger partial charge is 0.379 e. The Bertz CT molecular complexity index is 1090. The second-order valence-electron chi connectivity index (χ2n) is 8.18. The van der Waals surface area contributed by atoms with Crippen molar-refractivity contribution < 1.29 is 9.53 Å². The lowest BCUT2D eigenvalue weighted by molar-refractivity contribution is 0.0331. The number of amides is 1. The van der Waals surface area contributed by atoms with E-state index in [2.05, 4.69) is 10.2 Å². The van der Waals surface area contributed by atoms with E-state index in [1.54, 1.807) is 12.1 Å². The Morgan fingerprint density at radius 2 is 1.90 bits per heavy atom. The Hall–Kier alpha value is -2.55. The highest BCUT2D eigenvalue weighted by Crippen LogP contribution is 2.38. The van der Waals surface area contributed by atoms with Crippen LogP contribution in [0.4, 0.5) is 5.82 Å². The molecule has 1 aliphatic heterocycles. The monoisotopic (exact) mass is 437 g/mol. The number of carbonyl (C=O) groups is 1. The summed E-state index contributed by atoms with van der Waals surface area (Å²) < 4.78 is 5.48. The van der Waals surface area contributed by atoms with Gasteiger partial charge in [-0.2, -0.15) is 0 Å². The number of hydrogen-bond acceptors (Lipinski definition) is 7. The summed E-state index contributed by atoms with van der Waals surface area (Å²) in [4.78, 5) is 26.2. The van der Waals surface area contributed by atoms with Crippen LogP contribution in [0.5, 0.6) is 0 Å². The topological polar surface area (TPSA) is 93.4 Å². The number of hydrogen-bond donors (Lipinski definition) is 2. The molecule has 1 aliphatic carbocycles. The first-order valence-corrected chi connectivity index (χ1v) is 11.7. The Kier molecular flexibility index (Phi) is 5.85. The normalized spacial score (nSPS) is 16.9. The first-order chi connectivity index (χ1) is 15.2. The van der Waals surface area contributed by atoms with Gasteiger partial charge in [0, 0.05) is 30.1 Å². The molecule has 3 heterocycles. The minimum Gasteiger partial charge on any atom is -0.379 e. The Morgan fingerprint density at radius 1 is 1.13 bits per heavy atom. The van der Waals surface area contributed by atoms with Crippen LogP contribution in [0.3, 0.4) is 0 Å². The van der Waals surface area contributed by atoms with Crippen LogP contribution >= 0.6 is 11.3 Å². The molecule has 1 amide bonds. The van der Waals surface area contributed by atoms with Crippen LogP contribution in [0, 0.1) is 0 Å². The zero-order chi connectivity index (χ0) is 21.2. The molecule has 1 fully saturated rings. The fourth-order valence-electron chi connectivity index (χ4n) is 4.33. The number of fused-ring (bicyclic) bond motifs is 3. The second-order valence-corrected chi connectivity index (χ2v) is 9.27.